The van der Waals surface area contributed by atoms with Crippen molar-refractivity contribution in [1.82, 2.24) is 9.97 Å². The van der Waals surface area contributed by atoms with E-state index in [-0.39, 0.29) is 10.5 Å². The van der Waals surface area contributed by atoms with Gasteiger partial charge in [0.2, 0.25) is 0 Å². The van der Waals surface area contributed by atoms with Crippen molar-refractivity contribution in [1.29, 1.82) is 0 Å². The van der Waals surface area contributed by atoms with Crippen molar-refractivity contribution < 1.29 is 21.9 Å². The average Bonchev–Trinajstić information content (AvgIpc) is 3.27. The monoisotopic (exact) mass is 519 g/mol. The van der Waals surface area contributed by atoms with Crippen molar-refractivity contribution in [3.05, 3.63) is 114 Å². The molecular weight excluding hydrogens is 496 g/mol. The molecule has 0 atom stereocenters. The van der Waals surface area contributed by atoms with E-state index in [4.69, 9.17) is 4.74 Å². The minimum atomic E-state index is -3.95. The second-order valence-electron chi connectivity index (χ2n) is 8.67. The number of nitrogens with one attached hydrogen (secondary N) is 2. The zero-order valence-corrected chi connectivity index (χ0v) is 20.6. The Morgan fingerprint density at radius 2 is 1.57 bits per heavy atom. The zero-order valence-electron chi connectivity index (χ0n) is 19.8. The molecule has 5 aromatic rings. The zero-order chi connectivity index (χ0) is 26.0. The van der Waals surface area contributed by atoms with Crippen LogP contribution in [0.3, 0.4) is 0 Å². The number of benzene rings is 4. The van der Waals surface area contributed by atoms with Crippen LogP contribution in [0.5, 0.6) is 11.5 Å². The largest absolute Gasteiger partial charge is 0.457 e. The Morgan fingerprint density at radius 1 is 0.892 bits per heavy atom. The fourth-order valence-electron chi connectivity index (χ4n) is 3.84. The van der Waals surface area contributed by atoms with E-state index in [2.05, 4.69) is 14.7 Å². The van der Waals surface area contributed by atoms with E-state index in [0.717, 1.165) is 54.1 Å². The summed E-state index contributed by atoms with van der Waals surface area (Å²) in [4.78, 5) is 7.71. The number of halogens is 2. The lowest BCUT2D eigenvalue weighted by Crippen LogP contribution is -2.14. The molecule has 1 heterocycles. The summed E-state index contributed by atoms with van der Waals surface area (Å²) in [6.45, 7) is 0.762. The molecule has 0 radical (unpaired) electrons. The van der Waals surface area contributed by atoms with Crippen molar-refractivity contribution in [3.8, 4) is 11.5 Å². The Hall–Kier alpha value is -4.24. The molecule has 6 nitrogen and oxygen atoms in total. The highest BCUT2D eigenvalue weighted by molar-refractivity contribution is 7.92. The Balaban J connectivity index is 1.28. The molecule has 4 aromatic carbocycles. The molecule has 188 valence electrons. The lowest BCUT2D eigenvalue weighted by atomic mass is 10.1. The van der Waals surface area contributed by atoms with Crippen molar-refractivity contribution in [2.75, 3.05) is 4.72 Å². The van der Waals surface area contributed by atoms with Gasteiger partial charge < -0.3 is 9.72 Å². The number of hydrogen-bond acceptors (Lipinski definition) is 4. The second kappa shape index (κ2) is 9.67. The summed E-state index contributed by atoms with van der Waals surface area (Å²) in [6, 6.07) is 26.8. The number of nitrogens with zero attached hydrogens (tertiary/aromatic N) is 1. The van der Waals surface area contributed by atoms with Crippen molar-refractivity contribution in [2.24, 2.45) is 0 Å². The number of aromatic amines is 1. The lowest BCUT2D eigenvalue weighted by molar-refractivity contribution is 0.0174. The van der Waals surface area contributed by atoms with Crippen LogP contribution in [0.25, 0.3) is 11.0 Å². The van der Waals surface area contributed by atoms with Gasteiger partial charge >= 0.3 is 0 Å². The first kappa shape index (κ1) is 24.5. The number of sulfonamides is 1. The van der Waals surface area contributed by atoms with E-state index in [9.17, 15) is 17.2 Å². The molecule has 1 aromatic heterocycles. The topological polar surface area (TPSA) is 84.1 Å². The molecule has 2 N–H and O–H groups in total. The van der Waals surface area contributed by atoms with Crippen LogP contribution < -0.4 is 9.46 Å². The highest BCUT2D eigenvalue weighted by Crippen LogP contribution is 2.28. The van der Waals surface area contributed by atoms with Crippen LogP contribution in [0.4, 0.5) is 14.5 Å². The minimum absolute atomic E-state index is 0.106. The number of aromatic nitrogens is 2. The fourth-order valence-corrected chi connectivity index (χ4v) is 4.89. The maximum absolute atomic E-state index is 13.4. The molecule has 5 rings (SSSR count). The normalized spacial score (nSPS) is 12.0. The molecule has 0 saturated carbocycles. The van der Waals surface area contributed by atoms with Gasteiger partial charge in [0.15, 0.2) is 0 Å². The van der Waals surface area contributed by atoms with E-state index in [1.54, 1.807) is 18.2 Å². The van der Waals surface area contributed by atoms with Crippen molar-refractivity contribution in [3.63, 3.8) is 0 Å². The summed E-state index contributed by atoms with van der Waals surface area (Å²) in [5, 5.41) is 0. The number of alkyl halides is 2. The molecule has 0 saturated heterocycles. The first-order chi connectivity index (χ1) is 17.7. The Bertz CT molecular complexity index is 1630. The van der Waals surface area contributed by atoms with Gasteiger partial charge in [-0.1, -0.05) is 42.5 Å². The van der Waals surface area contributed by atoms with Gasteiger partial charge in [0, 0.05) is 18.9 Å². The maximum Gasteiger partial charge on any atom is 0.270 e. The molecule has 0 amide bonds. The number of anilines is 1. The standard InChI is InChI=1S/C28H23F2N3O3S/c1-28(29,30)20-9-14-24(15-10-20)37(34,35)33-21-11-16-25-26(18-21)32-27(31-25)17-19-7-12-23(13-8-19)36-22-5-3-2-4-6-22/h2-16,18,33H,17H2,1H3,(H,31,32). The SMILES string of the molecule is CC(F)(F)c1ccc(S(=O)(=O)Nc2ccc3nc(Cc4ccc(Oc5ccccc5)cc4)[nH]c3c2)cc1. The van der Waals surface area contributed by atoms with Crippen molar-refractivity contribution >= 4 is 26.7 Å². The molecular formula is C28H23F2N3O3S. The quantitative estimate of drug-likeness (QED) is 0.235. The van der Waals surface area contributed by atoms with Gasteiger partial charge in [0.1, 0.15) is 17.3 Å². The van der Waals surface area contributed by atoms with E-state index in [1.807, 2.05) is 54.6 Å². The summed E-state index contributed by atoms with van der Waals surface area (Å²) in [6.07, 6.45) is 0.551. The van der Waals surface area contributed by atoms with Crippen LogP contribution in [0.15, 0.2) is 102 Å². The van der Waals surface area contributed by atoms with Gasteiger partial charge in [-0.3, -0.25) is 4.72 Å². The highest BCUT2D eigenvalue weighted by Gasteiger charge is 2.25. The molecule has 0 aliphatic rings. The molecule has 0 aliphatic carbocycles. The number of ether oxygens (including phenoxy) is 1. The summed E-state index contributed by atoms with van der Waals surface area (Å²) < 4.78 is 60.7. The summed E-state index contributed by atoms with van der Waals surface area (Å²) >= 11 is 0. The van der Waals surface area contributed by atoms with E-state index in [0.29, 0.717) is 23.1 Å². The van der Waals surface area contributed by atoms with Crippen molar-refractivity contribution in [2.45, 2.75) is 24.2 Å². The van der Waals surface area contributed by atoms with Crippen LogP contribution in [0.1, 0.15) is 23.9 Å². The molecule has 37 heavy (non-hydrogen) atoms. The Morgan fingerprint density at radius 3 is 2.24 bits per heavy atom. The third-order valence-corrected chi connectivity index (χ3v) is 7.13. The number of hydrogen-bond donors (Lipinski definition) is 2. The molecule has 0 unspecified atom stereocenters. The maximum atomic E-state index is 13.4. The Kier molecular flexibility index (Phi) is 6.39. The van der Waals surface area contributed by atoms with Gasteiger partial charge in [-0.15, -0.1) is 0 Å². The van der Waals surface area contributed by atoms with Gasteiger partial charge in [0.25, 0.3) is 15.9 Å². The molecule has 0 bridgehead atoms. The Labute approximate surface area is 213 Å². The molecule has 0 aliphatic heterocycles. The highest BCUT2D eigenvalue weighted by atomic mass is 32.2. The van der Waals surface area contributed by atoms with Crippen LogP contribution in [0, 0.1) is 0 Å². The van der Waals surface area contributed by atoms with Crippen LogP contribution >= 0.6 is 0 Å². The van der Waals surface area contributed by atoms with Gasteiger partial charge in [-0.05, 0) is 60.2 Å². The van der Waals surface area contributed by atoms with Crippen LogP contribution in [-0.2, 0) is 22.4 Å². The third kappa shape index (κ3) is 5.78. The molecule has 9 heteroatoms. The predicted octanol–water partition coefficient (Wildman–Crippen LogP) is 6.86. The second-order valence-corrected chi connectivity index (χ2v) is 10.4. The van der Waals surface area contributed by atoms with Crippen LogP contribution in [-0.4, -0.2) is 18.4 Å². The van der Waals surface area contributed by atoms with Gasteiger partial charge in [-0.2, -0.15) is 0 Å². The number of rotatable bonds is 8. The smallest absolute Gasteiger partial charge is 0.270 e. The summed E-state index contributed by atoms with van der Waals surface area (Å²) in [5.74, 6) is -0.826. The minimum Gasteiger partial charge on any atom is -0.457 e. The van der Waals surface area contributed by atoms with E-state index >= 15 is 0 Å². The number of imidazole rings is 1. The van der Waals surface area contributed by atoms with Crippen LogP contribution in [0.2, 0.25) is 0 Å². The average molecular weight is 520 g/mol. The number of H-pyrrole nitrogens is 1. The first-order valence-corrected chi connectivity index (χ1v) is 13.0. The van der Waals surface area contributed by atoms with Gasteiger partial charge in [-0.25, -0.2) is 22.2 Å². The first-order valence-electron chi connectivity index (χ1n) is 11.5. The van der Waals surface area contributed by atoms with E-state index < -0.39 is 15.9 Å². The van der Waals surface area contributed by atoms with Gasteiger partial charge in [0.05, 0.1) is 21.6 Å². The third-order valence-electron chi connectivity index (χ3n) is 5.73. The number of fused-ring (bicyclic) bond motifs is 1. The predicted molar refractivity (Wildman–Crippen MR) is 139 cm³/mol. The van der Waals surface area contributed by atoms with E-state index in [1.165, 1.54) is 0 Å². The molecule has 0 fully saturated rings. The number of para-hydroxylation sites is 1. The molecule has 0 spiro atoms. The summed E-state index contributed by atoms with van der Waals surface area (Å²) in [7, 11) is -3.95. The fraction of sp³-hybridized carbons (Fsp3) is 0.107. The lowest BCUT2D eigenvalue weighted by Gasteiger charge is -2.12. The summed E-state index contributed by atoms with van der Waals surface area (Å²) in [5.41, 5.74) is 2.46.